The van der Waals surface area contributed by atoms with E-state index in [2.05, 4.69) is 15.4 Å². The molecule has 1 saturated heterocycles. The van der Waals surface area contributed by atoms with Gasteiger partial charge in [0.1, 0.15) is 30.4 Å². The number of para-hydroxylation sites is 1. The average molecular weight is 543 g/mol. The van der Waals surface area contributed by atoms with E-state index < -0.39 is 47.7 Å². The summed E-state index contributed by atoms with van der Waals surface area (Å²) in [6, 6.07) is 12.9. The van der Waals surface area contributed by atoms with Crippen LogP contribution < -0.4 is 15.8 Å². The second-order valence-electron chi connectivity index (χ2n) is 10.3. The summed E-state index contributed by atoms with van der Waals surface area (Å²) in [7, 11) is 0. The summed E-state index contributed by atoms with van der Waals surface area (Å²) >= 11 is 0. The standard InChI is InChI=1S/C27H32F2N6O4/c1-26(2,30)24(37)32-20(16-39-19-9-4-3-5-10-19)23(36)34-13-11-21-27(17-34,14-18-8-6-7-12-31-18)25(38)35(33-21)15-22(28)29/h3-10,12,20,22H,11,13-17,30H2,1-2H3,(H,32,37)/t20?,27-/m1/s1. The molecule has 4 rings (SSSR count). The van der Waals surface area contributed by atoms with Gasteiger partial charge >= 0.3 is 0 Å². The highest BCUT2D eigenvalue weighted by atomic mass is 19.3. The molecule has 2 aromatic rings. The van der Waals surface area contributed by atoms with Crippen molar-refractivity contribution in [3.05, 3.63) is 60.4 Å². The fourth-order valence-corrected chi connectivity index (χ4v) is 4.67. The van der Waals surface area contributed by atoms with Crippen LogP contribution >= 0.6 is 0 Å². The van der Waals surface area contributed by atoms with E-state index in [4.69, 9.17) is 10.5 Å². The summed E-state index contributed by atoms with van der Waals surface area (Å²) in [6.45, 7) is 2.09. The highest BCUT2D eigenvalue weighted by Gasteiger charge is 2.55. The Hall–Kier alpha value is -3.93. The molecule has 0 saturated carbocycles. The predicted molar refractivity (Wildman–Crippen MR) is 139 cm³/mol. The molecule has 0 aliphatic carbocycles. The molecule has 0 spiro atoms. The summed E-state index contributed by atoms with van der Waals surface area (Å²) in [5.74, 6) is -1.14. The molecule has 1 unspecified atom stereocenters. The Labute approximate surface area is 225 Å². The Balaban J connectivity index is 1.61. The minimum absolute atomic E-state index is 0.0857. The quantitative estimate of drug-likeness (QED) is 0.469. The van der Waals surface area contributed by atoms with Crippen molar-refractivity contribution in [3.63, 3.8) is 0 Å². The van der Waals surface area contributed by atoms with Gasteiger partial charge in [0.25, 0.3) is 12.3 Å². The van der Waals surface area contributed by atoms with Crippen molar-refractivity contribution >= 4 is 23.4 Å². The number of ether oxygens (including phenoxy) is 1. The number of pyridine rings is 1. The van der Waals surface area contributed by atoms with Gasteiger partial charge in [-0.1, -0.05) is 24.3 Å². The Kier molecular flexibility index (Phi) is 8.24. The Morgan fingerprint density at radius 2 is 1.90 bits per heavy atom. The lowest BCUT2D eigenvalue weighted by molar-refractivity contribution is -0.144. The van der Waals surface area contributed by atoms with Crippen LogP contribution in [0.4, 0.5) is 8.78 Å². The SMILES string of the molecule is CC(C)(N)C(=O)NC(COc1ccccc1)C(=O)N1CCC2=NN(CC(F)F)C(=O)[C@]2(Cc2ccccn2)C1. The van der Waals surface area contributed by atoms with Crippen molar-refractivity contribution in [1.29, 1.82) is 0 Å². The summed E-state index contributed by atoms with van der Waals surface area (Å²) in [5.41, 5.74) is 4.34. The van der Waals surface area contributed by atoms with Crippen LogP contribution in [-0.2, 0) is 20.8 Å². The molecule has 39 heavy (non-hydrogen) atoms. The van der Waals surface area contributed by atoms with E-state index in [1.807, 2.05) is 6.07 Å². The van der Waals surface area contributed by atoms with Crippen LogP contribution in [0.5, 0.6) is 5.75 Å². The van der Waals surface area contributed by atoms with Crippen LogP contribution in [0.3, 0.4) is 0 Å². The van der Waals surface area contributed by atoms with Gasteiger partial charge in [0.15, 0.2) is 0 Å². The van der Waals surface area contributed by atoms with Crippen LogP contribution in [0, 0.1) is 5.41 Å². The van der Waals surface area contributed by atoms with Gasteiger partial charge in [-0.2, -0.15) is 5.10 Å². The van der Waals surface area contributed by atoms with E-state index >= 15 is 0 Å². The maximum Gasteiger partial charge on any atom is 0.258 e. The maximum atomic E-state index is 13.8. The Morgan fingerprint density at radius 1 is 1.18 bits per heavy atom. The average Bonchev–Trinajstić information content (AvgIpc) is 3.16. The van der Waals surface area contributed by atoms with E-state index in [0.29, 0.717) is 17.2 Å². The number of nitrogens with one attached hydrogen (secondary N) is 1. The van der Waals surface area contributed by atoms with Gasteiger partial charge in [-0.05, 0) is 38.1 Å². The molecule has 0 bridgehead atoms. The highest BCUT2D eigenvalue weighted by Crippen LogP contribution is 2.38. The van der Waals surface area contributed by atoms with Crippen LogP contribution in [-0.4, -0.2) is 82.6 Å². The van der Waals surface area contributed by atoms with E-state index in [0.717, 1.165) is 5.01 Å². The number of amides is 3. The molecule has 3 heterocycles. The number of hydrazone groups is 1. The largest absolute Gasteiger partial charge is 0.491 e. The van der Waals surface area contributed by atoms with E-state index in [1.165, 1.54) is 18.7 Å². The third-order valence-corrected chi connectivity index (χ3v) is 6.70. The van der Waals surface area contributed by atoms with Gasteiger partial charge in [0.2, 0.25) is 11.8 Å². The monoisotopic (exact) mass is 542 g/mol. The van der Waals surface area contributed by atoms with Crippen LogP contribution in [0.2, 0.25) is 0 Å². The summed E-state index contributed by atoms with van der Waals surface area (Å²) in [6.07, 6.45) is -0.904. The molecule has 0 radical (unpaired) electrons. The molecule has 1 aromatic carbocycles. The molecule has 2 aliphatic heterocycles. The highest BCUT2D eigenvalue weighted by molar-refractivity contribution is 6.13. The van der Waals surface area contributed by atoms with Crippen LogP contribution in [0.1, 0.15) is 26.0 Å². The first kappa shape index (κ1) is 28.1. The zero-order chi connectivity index (χ0) is 28.2. The summed E-state index contributed by atoms with van der Waals surface area (Å²) in [5, 5.41) is 7.71. The third kappa shape index (κ3) is 6.39. The number of nitrogens with zero attached hydrogens (tertiary/aromatic N) is 4. The van der Waals surface area contributed by atoms with Crippen molar-refractivity contribution in [2.24, 2.45) is 16.3 Å². The van der Waals surface area contributed by atoms with E-state index in [-0.39, 0.29) is 32.5 Å². The van der Waals surface area contributed by atoms with Crippen molar-refractivity contribution in [2.75, 3.05) is 26.2 Å². The molecule has 10 nitrogen and oxygen atoms in total. The lowest BCUT2D eigenvalue weighted by atomic mass is 9.74. The van der Waals surface area contributed by atoms with Gasteiger partial charge < -0.3 is 20.7 Å². The van der Waals surface area contributed by atoms with Crippen molar-refractivity contribution in [1.82, 2.24) is 20.2 Å². The van der Waals surface area contributed by atoms with Gasteiger partial charge in [-0.3, -0.25) is 19.4 Å². The number of aromatic nitrogens is 1. The Bertz CT molecular complexity index is 1220. The number of hydrogen-bond donors (Lipinski definition) is 2. The summed E-state index contributed by atoms with van der Waals surface area (Å²) < 4.78 is 32.3. The topological polar surface area (TPSA) is 130 Å². The first-order chi connectivity index (χ1) is 18.5. The second kappa shape index (κ2) is 11.4. The van der Waals surface area contributed by atoms with Crippen LogP contribution in [0.25, 0.3) is 0 Å². The fourth-order valence-electron chi connectivity index (χ4n) is 4.67. The predicted octanol–water partition coefficient (Wildman–Crippen LogP) is 1.61. The molecule has 1 aromatic heterocycles. The number of nitrogens with two attached hydrogens (primary N) is 1. The molecule has 2 aliphatic rings. The van der Waals surface area contributed by atoms with E-state index in [9.17, 15) is 23.2 Å². The molecule has 1 fully saturated rings. The second-order valence-corrected chi connectivity index (χ2v) is 10.3. The van der Waals surface area contributed by atoms with E-state index in [1.54, 1.807) is 48.7 Å². The zero-order valence-corrected chi connectivity index (χ0v) is 21.8. The van der Waals surface area contributed by atoms with Crippen molar-refractivity contribution in [3.8, 4) is 5.75 Å². The fraction of sp³-hybridized carbons (Fsp3) is 0.444. The molecule has 208 valence electrons. The number of likely N-dealkylation sites (tertiary alicyclic amines) is 1. The minimum atomic E-state index is -2.77. The molecule has 3 amide bonds. The number of benzene rings is 1. The number of hydrogen-bond acceptors (Lipinski definition) is 7. The van der Waals surface area contributed by atoms with Gasteiger partial charge in [0, 0.05) is 37.8 Å². The number of carbonyl (C=O) groups excluding carboxylic acids is 3. The lowest BCUT2D eigenvalue weighted by Gasteiger charge is -2.40. The van der Waals surface area contributed by atoms with Crippen molar-refractivity contribution < 1.29 is 27.9 Å². The normalized spacial score (nSPS) is 19.9. The van der Waals surface area contributed by atoms with Gasteiger partial charge in [-0.15, -0.1) is 0 Å². The van der Waals surface area contributed by atoms with Gasteiger partial charge in [-0.25, -0.2) is 13.8 Å². The molecule has 12 heteroatoms. The zero-order valence-electron chi connectivity index (χ0n) is 21.8. The smallest absolute Gasteiger partial charge is 0.258 e. The number of alkyl halides is 2. The number of piperidine rings is 1. The minimum Gasteiger partial charge on any atom is -0.491 e. The first-order valence-electron chi connectivity index (χ1n) is 12.6. The first-order valence-corrected chi connectivity index (χ1v) is 12.6. The molecular formula is C27H32F2N6O4. The Morgan fingerprint density at radius 3 is 2.54 bits per heavy atom. The lowest BCUT2D eigenvalue weighted by Crippen LogP contribution is -2.62. The number of halogens is 2. The number of fused-ring (bicyclic) bond motifs is 1. The third-order valence-electron chi connectivity index (χ3n) is 6.70. The molecule has 2 atom stereocenters. The van der Waals surface area contributed by atoms with Gasteiger partial charge in [0.05, 0.1) is 11.3 Å². The number of rotatable bonds is 10. The van der Waals surface area contributed by atoms with Crippen LogP contribution in [0.15, 0.2) is 59.8 Å². The van der Waals surface area contributed by atoms with Crippen molar-refractivity contribution in [2.45, 2.75) is 44.7 Å². The summed E-state index contributed by atoms with van der Waals surface area (Å²) in [4.78, 5) is 45.9. The molecular weight excluding hydrogens is 510 g/mol. The number of carbonyl (C=O) groups is 3. The molecule has 3 N–H and O–H groups in total. The maximum absolute atomic E-state index is 13.8.